The second-order valence-electron chi connectivity index (χ2n) is 8.78. The van der Waals surface area contributed by atoms with Crippen LogP contribution in [-0.4, -0.2) is 17.9 Å². The van der Waals surface area contributed by atoms with Gasteiger partial charge in [-0.1, -0.05) is 100 Å². The van der Waals surface area contributed by atoms with Gasteiger partial charge in [-0.3, -0.25) is 9.59 Å². The van der Waals surface area contributed by atoms with Crippen LogP contribution in [0.2, 0.25) is 0 Å². The van der Waals surface area contributed by atoms with E-state index in [4.69, 9.17) is 4.74 Å². The Morgan fingerprint density at radius 2 is 1.60 bits per heavy atom. The summed E-state index contributed by atoms with van der Waals surface area (Å²) >= 11 is 0. The third kappa shape index (κ3) is 5.69. The van der Waals surface area contributed by atoms with Gasteiger partial charge in [0.25, 0.3) is 0 Å². The van der Waals surface area contributed by atoms with Crippen molar-refractivity contribution in [3.8, 4) is 0 Å². The van der Waals surface area contributed by atoms with Gasteiger partial charge < -0.3 is 4.74 Å². The van der Waals surface area contributed by atoms with Crippen LogP contribution in [0.5, 0.6) is 0 Å². The Kier molecular flexibility index (Phi) is 7.62. The summed E-state index contributed by atoms with van der Waals surface area (Å²) in [5, 5.41) is 0. The molecule has 3 nitrogen and oxygen atoms in total. The Bertz CT molecular complexity index is 854. The van der Waals surface area contributed by atoms with E-state index in [0.717, 1.165) is 24.8 Å². The van der Waals surface area contributed by atoms with E-state index in [0.29, 0.717) is 23.3 Å². The largest absolute Gasteiger partial charge is 0.461 e. The molecule has 4 atom stereocenters. The molecule has 2 aromatic rings. The number of hydrogen-bond acceptors (Lipinski definition) is 3. The summed E-state index contributed by atoms with van der Waals surface area (Å²) < 4.78 is 6.02. The number of benzene rings is 2. The topological polar surface area (TPSA) is 43.4 Å². The molecule has 158 valence electrons. The molecule has 1 aliphatic rings. The van der Waals surface area contributed by atoms with E-state index in [2.05, 4.69) is 20.8 Å². The average molecular weight is 405 g/mol. The van der Waals surface area contributed by atoms with E-state index in [-0.39, 0.29) is 11.9 Å². The van der Waals surface area contributed by atoms with Crippen LogP contribution in [0.25, 0.3) is 6.08 Å². The molecule has 0 radical (unpaired) electrons. The van der Waals surface area contributed by atoms with Crippen LogP contribution in [0.4, 0.5) is 0 Å². The molecule has 0 aromatic heterocycles. The highest BCUT2D eigenvalue weighted by Crippen LogP contribution is 2.36. The molecule has 0 N–H and O–H groups in total. The van der Waals surface area contributed by atoms with Gasteiger partial charge in [-0.25, -0.2) is 0 Å². The van der Waals surface area contributed by atoms with Crippen molar-refractivity contribution in [2.24, 2.45) is 23.7 Å². The fourth-order valence-electron chi connectivity index (χ4n) is 4.30. The predicted molar refractivity (Wildman–Crippen MR) is 121 cm³/mol. The number of ether oxygens (including phenoxy) is 1. The number of hydrogen-bond donors (Lipinski definition) is 0. The minimum absolute atomic E-state index is 0.127. The number of esters is 1. The predicted octanol–water partition coefficient (Wildman–Crippen LogP) is 6.20. The molecular formula is C27H32O3. The standard InChI is InChI=1S/C27H32O3/c1-19(2)23-16-14-20(3)18-25(23)30-27(29)24(17-15-21-10-6-4-7-11-21)26(28)22-12-8-5-9-13-22/h4-13,15,17,19-20,23-25H,14,16,18H2,1-3H3. The Labute approximate surface area is 180 Å². The van der Waals surface area contributed by atoms with E-state index < -0.39 is 11.9 Å². The van der Waals surface area contributed by atoms with Gasteiger partial charge in [0.2, 0.25) is 0 Å². The van der Waals surface area contributed by atoms with Crippen molar-refractivity contribution in [2.45, 2.75) is 46.1 Å². The van der Waals surface area contributed by atoms with Crippen LogP contribution >= 0.6 is 0 Å². The normalized spacial score (nSPS) is 22.7. The van der Waals surface area contributed by atoms with Gasteiger partial charge >= 0.3 is 5.97 Å². The van der Waals surface area contributed by atoms with Crippen LogP contribution in [0.1, 0.15) is 56.0 Å². The molecule has 2 aromatic carbocycles. The van der Waals surface area contributed by atoms with Crippen molar-refractivity contribution in [3.63, 3.8) is 0 Å². The highest BCUT2D eigenvalue weighted by molar-refractivity contribution is 6.10. The minimum atomic E-state index is -0.947. The van der Waals surface area contributed by atoms with Crippen molar-refractivity contribution in [3.05, 3.63) is 77.9 Å². The van der Waals surface area contributed by atoms with Crippen molar-refractivity contribution in [1.29, 1.82) is 0 Å². The van der Waals surface area contributed by atoms with Gasteiger partial charge in [0, 0.05) is 5.56 Å². The van der Waals surface area contributed by atoms with E-state index >= 15 is 0 Å². The second-order valence-corrected chi connectivity index (χ2v) is 8.78. The lowest BCUT2D eigenvalue weighted by atomic mass is 9.75. The Hall–Kier alpha value is -2.68. The maximum atomic E-state index is 13.2. The summed E-state index contributed by atoms with van der Waals surface area (Å²) in [5.41, 5.74) is 1.47. The summed E-state index contributed by atoms with van der Waals surface area (Å²) in [4.78, 5) is 26.4. The Morgan fingerprint density at radius 3 is 2.23 bits per heavy atom. The quantitative estimate of drug-likeness (QED) is 0.313. The van der Waals surface area contributed by atoms with E-state index in [9.17, 15) is 9.59 Å². The Morgan fingerprint density at radius 1 is 0.967 bits per heavy atom. The average Bonchev–Trinajstić information content (AvgIpc) is 2.75. The third-order valence-corrected chi connectivity index (χ3v) is 6.10. The lowest BCUT2D eigenvalue weighted by Crippen LogP contribution is -2.38. The summed E-state index contributed by atoms with van der Waals surface area (Å²) in [5.74, 6) is -0.300. The molecule has 0 aliphatic heterocycles. The minimum Gasteiger partial charge on any atom is -0.461 e. The number of carbonyl (C=O) groups excluding carboxylic acids is 2. The van der Waals surface area contributed by atoms with Crippen LogP contribution < -0.4 is 0 Å². The maximum absolute atomic E-state index is 13.2. The third-order valence-electron chi connectivity index (χ3n) is 6.10. The zero-order valence-corrected chi connectivity index (χ0v) is 18.2. The van der Waals surface area contributed by atoms with Gasteiger partial charge in [-0.15, -0.1) is 0 Å². The van der Waals surface area contributed by atoms with Crippen molar-refractivity contribution >= 4 is 17.8 Å². The van der Waals surface area contributed by atoms with Gasteiger partial charge in [0.15, 0.2) is 5.78 Å². The SMILES string of the molecule is CC1CCC(C(C)C)C(OC(=O)C(C=Cc2ccccc2)C(=O)c2ccccc2)C1. The zero-order chi connectivity index (χ0) is 21.5. The van der Waals surface area contributed by atoms with E-state index in [1.807, 2.05) is 54.6 Å². The smallest absolute Gasteiger partial charge is 0.321 e. The van der Waals surface area contributed by atoms with Crippen LogP contribution in [0.3, 0.4) is 0 Å². The molecular weight excluding hydrogens is 372 g/mol. The first-order chi connectivity index (χ1) is 14.5. The lowest BCUT2D eigenvalue weighted by molar-refractivity contribution is -0.157. The highest BCUT2D eigenvalue weighted by atomic mass is 16.5. The van der Waals surface area contributed by atoms with Crippen LogP contribution in [-0.2, 0) is 9.53 Å². The van der Waals surface area contributed by atoms with Gasteiger partial charge in [0.05, 0.1) is 0 Å². The number of Topliss-reactive ketones (excluding diaryl/α,β-unsaturated/α-hetero) is 1. The van der Waals surface area contributed by atoms with E-state index in [1.165, 1.54) is 0 Å². The molecule has 1 fully saturated rings. The molecule has 1 saturated carbocycles. The fraction of sp³-hybridized carbons (Fsp3) is 0.407. The molecule has 1 aliphatic carbocycles. The van der Waals surface area contributed by atoms with E-state index in [1.54, 1.807) is 18.2 Å². The summed E-state index contributed by atoms with van der Waals surface area (Å²) in [6, 6.07) is 18.7. The zero-order valence-electron chi connectivity index (χ0n) is 18.2. The number of ketones is 1. The molecule has 0 bridgehead atoms. The van der Waals surface area contributed by atoms with Crippen molar-refractivity contribution in [2.75, 3.05) is 0 Å². The van der Waals surface area contributed by atoms with Crippen LogP contribution in [0.15, 0.2) is 66.7 Å². The monoisotopic (exact) mass is 404 g/mol. The first-order valence-electron chi connectivity index (χ1n) is 11.0. The van der Waals surface area contributed by atoms with Crippen LogP contribution in [0, 0.1) is 23.7 Å². The molecule has 0 heterocycles. The molecule has 0 spiro atoms. The fourth-order valence-corrected chi connectivity index (χ4v) is 4.30. The highest BCUT2D eigenvalue weighted by Gasteiger charge is 2.36. The molecule has 0 amide bonds. The second kappa shape index (κ2) is 10.4. The summed E-state index contributed by atoms with van der Waals surface area (Å²) in [6.07, 6.45) is 6.48. The first-order valence-corrected chi connectivity index (χ1v) is 11.0. The van der Waals surface area contributed by atoms with Crippen molar-refractivity contribution in [1.82, 2.24) is 0 Å². The first kappa shape index (κ1) is 22.0. The van der Waals surface area contributed by atoms with Gasteiger partial charge in [0.1, 0.15) is 12.0 Å². The molecule has 4 unspecified atom stereocenters. The number of carbonyl (C=O) groups is 2. The molecule has 3 rings (SSSR count). The summed E-state index contributed by atoms with van der Waals surface area (Å²) in [7, 11) is 0. The van der Waals surface area contributed by atoms with Gasteiger partial charge in [-0.05, 0) is 36.2 Å². The molecule has 0 saturated heterocycles. The number of rotatable bonds is 7. The molecule has 3 heteroatoms. The van der Waals surface area contributed by atoms with Crippen molar-refractivity contribution < 1.29 is 14.3 Å². The summed E-state index contributed by atoms with van der Waals surface area (Å²) in [6.45, 7) is 6.58. The maximum Gasteiger partial charge on any atom is 0.321 e. The lowest BCUT2D eigenvalue weighted by Gasteiger charge is -2.37. The van der Waals surface area contributed by atoms with Gasteiger partial charge in [-0.2, -0.15) is 0 Å². The Balaban J connectivity index is 1.84. The molecule has 30 heavy (non-hydrogen) atoms.